The van der Waals surface area contributed by atoms with Crippen molar-refractivity contribution < 1.29 is 0 Å². The van der Waals surface area contributed by atoms with Crippen molar-refractivity contribution >= 4 is 11.6 Å². The minimum Gasteiger partial charge on any atom is -0.330 e. The van der Waals surface area contributed by atoms with Crippen molar-refractivity contribution in [2.45, 2.75) is 57.5 Å². The fraction of sp³-hybridized carbons (Fsp3) is 0.407. The van der Waals surface area contributed by atoms with Crippen LogP contribution < -0.4 is 5.73 Å². The number of hydrogen-bond donors (Lipinski definition) is 1. The molecule has 0 atom stereocenters. The standard InChI is InChI=1S/C21H27ClN2.C2H6.2C2H4/c1-24(15-17-6-3-2-4-7-17)20-10-12-21(16-23,13-11-20)18-8-5-9-19(22)14-18;3*1-2/h2-9,14,20H,10-13,15-16,23H2,1H3;1-2H3;2*1-2H2. The van der Waals surface area contributed by atoms with Crippen LogP contribution in [-0.4, -0.2) is 24.5 Å². The molecule has 1 aliphatic carbocycles. The molecule has 2 aromatic rings. The van der Waals surface area contributed by atoms with E-state index in [1.54, 1.807) is 0 Å². The normalized spacial score (nSPS) is 19.9. The third-order valence-corrected chi connectivity index (χ3v) is 5.87. The van der Waals surface area contributed by atoms with Gasteiger partial charge in [-0.3, -0.25) is 4.90 Å². The highest BCUT2D eigenvalue weighted by Gasteiger charge is 2.36. The Balaban J connectivity index is 0.00000129. The predicted octanol–water partition coefficient (Wildman–Crippen LogP) is 7.24. The number of rotatable bonds is 5. The van der Waals surface area contributed by atoms with E-state index in [0.29, 0.717) is 12.6 Å². The van der Waals surface area contributed by atoms with Crippen LogP contribution in [0, 0.1) is 0 Å². The summed E-state index contributed by atoms with van der Waals surface area (Å²) in [6.07, 6.45) is 4.64. The quantitative estimate of drug-likeness (QED) is 0.508. The van der Waals surface area contributed by atoms with Gasteiger partial charge in [0.15, 0.2) is 0 Å². The van der Waals surface area contributed by atoms with Crippen LogP contribution in [0.2, 0.25) is 5.02 Å². The van der Waals surface area contributed by atoms with Gasteiger partial charge < -0.3 is 5.73 Å². The summed E-state index contributed by atoms with van der Waals surface area (Å²) in [6.45, 7) is 17.7. The largest absolute Gasteiger partial charge is 0.330 e. The Bertz CT molecular complexity index is 676. The molecular formula is C27H41ClN2. The maximum absolute atomic E-state index is 6.21. The van der Waals surface area contributed by atoms with Crippen molar-refractivity contribution in [2.24, 2.45) is 5.73 Å². The van der Waals surface area contributed by atoms with Crippen LogP contribution in [0.25, 0.3) is 0 Å². The second kappa shape index (κ2) is 15.9. The van der Waals surface area contributed by atoms with Gasteiger partial charge in [-0.2, -0.15) is 0 Å². The Morgan fingerprint density at radius 3 is 2.03 bits per heavy atom. The molecule has 0 aromatic heterocycles. The van der Waals surface area contributed by atoms with Crippen molar-refractivity contribution in [2.75, 3.05) is 13.6 Å². The summed E-state index contributed by atoms with van der Waals surface area (Å²) in [5, 5.41) is 0.809. The van der Waals surface area contributed by atoms with Gasteiger partial charge in [0.25, 0.3) is 0 Å². The van der Waals surface area contributed by atoms with Crippen molar-refractivity contribution in [3.63, 3.8) is 0 Å². The van der Waals surface area contributed by atoms with E-state index in [4.69, 9.17) is 17.3 Å². The second-order valence-corrected chi connectivity index (χ2v) is 7.56. The summed E-state index contributed by atoms with van der Waals surface area (Å²) in [7, 11) is 2.24. The topological polar surface area (TPSA) is 29.3 Å². The molecule has 1 saturated carbocycles. The first-order chi connectivity index (χ1) is 14.6. The Kier molecular flexibility index (Phi) is 14.9. The Morgan fingerprint density at radius 1 is 0.967 bits per heavy atom. The lowest BCUT2D eigenvalue weighted by Gasteiger charge is -2.42. The smallest absolute Gasteiger partial charge is 0.0408 e. The van der Waals surface area contributed by atoms with Crippen LogP contribution in [-0.2, 0) is 12.0 Å². The van der Waals surface area contributed by atoms with Gasteiger partial charge in [-0.05, 0) is 56.0 Å². The number of benzene rings is 2. The van der Waals surface area contributed by atoms with Crippen LogP contribution in [0.3, 0.4) is 0 Å². The predicted molar refractivity (Wildman–Crippen MR) is 136 cm³/mol. The molecule has 3 rings (SSSR count). The van der Waals surface area contributed by atoms with E-state index in [0.717, 1.165) is 24.4 Å². The zero-order chi connectivity index (χ0) is 23.0. The lowest BCUT2D eigenvalue weighted by atomic mass is 9.68. The molecule has 2 nitrogen and oxygen atoms in total. The summed E-state index contributed by atoms with van der Waals surface area (Å²) in [5.41, 5.74) is 8.99. The molecule has 0 heterocycles. The van der Waals surface area contributed by atoms with Crippen LogP contribution in [0.1, 0.15) is 50.7 Å². The molecular weight excluding hydrogens is 388 g/mol. The average Bonchev–Trinajstić information content (AvgIpc) is 2.83. The molecule has 3 heteroatoms. The summed E-state index contributed by atoms with van der Waals surface area (Å²) in [6, 6.07) is 19.6. The molecule has 0 aliphatic heterocycles. The summed E-state index contributed by atoms with van der Waals surface area (Å²) in [4.78, 5) is 2.49. The molecule has 166 valence electrons. The van der Waals surface area contributed by atoms with Gasteiger partial charge in [0, 0.05) is 29.6 Å². The zero-order valence-corrected chi connectivity index (χ0v) is 20.0. The first-order valence-electron chi connectivity index (χ1n) is 10.8. The molecule has 30 heavy (non-hydrogen) atoms. The number of nitrogens with two attached hydrogens (primary N) is 1. The van der Waals surface area contributed by atoms with E-state index in [1.165, 1.54) is 24.0 Å². The van der Waals surface area contributed by atoms with E-state index < -0.39 is 0 Å². The van der Waals surface area contributed by atoms with Crippen molar-refractivity contribution in [1.29, 1.82) is 0 Å². The van der Waals surface area contributed by atoms with Gasteiger partial charge in [-0.15, -0.1) is 26.3 Å². The second-order valence-electron chi connectivity index (χ2n) is 7.13. The molecule has 2 N–H and O–H groups in total. The highest BCUT2D eigenvalue weighted by atomic mass is 35.5. The minimum absolute atomic E-state index is 0.0922. The number of nitrogens with zero attached hydrogens (tertiary/aromatic N) is 1. The molecule has 0 unspecified atom stereocenters. The highest BCUT2D eigenvalue weighted by molar-refractivity contribution is 6.30. The molecule has 2 aromatic carbocycles. The van der Waals surface area contributed by atoms with Crippen molar-refractivity contribution in [3.8, 4) is 0 Å². The van der Waals surface area contributed by atoms with Crippen LogP contribution in [0.15, 0.2) is 80.9 Å². The maximum atomic E-state index is 6.21. The Morgan fingerprint density at radius 2 is 1.53 bits per heavy atom. The van der Waals surface area contributed by atoms with Crippen LogP contribution >= 0.6 is 11.6 Å². The van der Waals surface area contributed by atoms with Gasteiger partial charge in [-0.1, -0.05) is 67.9 Å². The Hall–Kier alpha value is -1.87. The average molecular weight is 429 g/mol. The summed E-state index contributed by atoms with van der Waals surface area (Å²) < 4.78 is 0. The first-order valence-corrected chi connectivity index (χ1v) is 11.2. The number of halogens is 1. The fourth-order valence-electron chi connectivity index (χ4n) is 4.03. The third-order valence-electron chi connectivity index (χ3n) is 5.64. The molecule has 0 bridgehead atoms. The first kappa shape index (κ1) is 28.1. The van der Waals surface area contributed by atoms with Gasteiger partial charge in [0.2, 0.25) is 0 Å². The lowest BCUT2D eigenvalue weighted by Crippen LogP contribution is -2.44. The third kappa shape index (κ3) is 8.10. The van der Waals surface area contributed by atoms with Crippen LogP contribution in [0.5, 0.6) is 0 Å². The van der Waals surface area contributed by atoms with E-state index >= 15 is 0 Å². The SMILES string of the molecule is C=C.C=C.CC.CN(Cc1ccccc1)C1CCC(CN)(c2cccc(Cl)c2)CC1. The zero-order valence-electron chi connectivity index (χ0n) is 19.2. The number of hydrogen-bond acceptors (Lipinski definition) is 2. The lowest BCUT2D eigenvalue weighted by molar-refractivity contribution is 0.144. The van der Waals surface area contributed by atoms with Gasteiger partial charge in [0.05, 0.1) is 0 Å². The van der Waals surface area contributed by atoms with E-state index in [1.807, 2.05) is 26.0 Å². The minimum atomic E-state index is 0.0922. The molecule has 1 aliphatic rings. The van der Waals surface area contributed by atoms with Crippen LogP contribution in [0.4, 0.5) is 0 Å². The summed E-state index contributed by atoms with van der Waals surface area (Å²) >= 11 is 6.20. The maximum Gasteiger partial charge on any atom is 0.0408 e. The molecule has 1 fully saturated rings. The van der Waals surface area contributed by atoms with Crippen molar-refractivity contribution in [3.05, 3.63) is 97.1 Å². The van der Waals surface area contributed by atoms with Gasteiger partial charge >= 0.3 is 0 Å². The molecule has 0 radical (unpaired) electrons. The summed E-state index contributed by atoms with van der Waals surface area (Å²) in [5.74, 6) is 0. The van der Waals surface area contributed by atoms with Gasteiger partial charge in [-0.25, -0.2) is 0 Å². The monoisotopic (exact) mass is 428 g/mol. The molecule has 0 amide bonds. The Labute approximate surface area is 190 Å². The van der Waals surface area contributed by atoms with Gasteiger partial charge in [0.1, 0.15) is 0 Å². The van der Waals surface area contributed by atoms with E-state index in [-0.39, 0.29) is 5.41 Å². The fourth-order valence-corrected chi connectivity index (χ4v) is 4.22. The highest BCUT2D eigenvalue weighted by Crippen LogP contribution is 2.40. The molecule has 0 spiro atoms. The van der Waals surface area contributed by atoms with E-state index in [2.05, 4.69) is 80.7 Å². The van der Waals surface area contributed by atoms with Crippen molar-refractivity contribution in [1.82, 2.24) is 4.90 Å². The molecule has 0 saturated heterocycles. The van der Waals surface area contributed by atoms with E-state index in [9.17, 15) is 0 Å².